The Labute approximate surface area is 126 Å². The summed E-state index contributed by atoms with van der Waals surface area (Å²) < 4.78 is 12.0. The predicted octanol–water partition coefficient (Wildman–Crippen LogP) is 2.28. The number of anilines is 1. The number of nitrogens with zero attached hydrogens (tertiary/aromatic N) is 3. The summed E-state index contributed by atoms with van der Waals surface area (Å²) in [6.07, 6.45) is 7.35. The maximum atomic E-state index is 6.06. The maximum Gasteiger partial charge on any atom is 0.131 e. The van der Waals surface area contributed by atoms with Crippen molar-refractivity contribution in [3.05, 3.63) is 18.6 Å². The molecule has 2 fully saturated rings. The van der Waals surface area contributed by atoms with Gasteiger partial charge in [-0.25, -0.2) is 9.97 Å². The zero-order valence-electron chi connectivity index (χ0n) is 13.0. The molecule has 2 aliphatic rings. The summed E-state index contributed by atoms with van der Waals surface area (Å²) in [5.41, 5.74) is 0.103. The molecule has 3 heterocycles. The van der Waals surface area contributed by atoms with Crippen LogP contribution in [0.15, 0.2) is 18.6 Å². The van der Waals surface area contributed by atoms with Gasteiger partial charge in [0.05, 0.1) is 18.8 Å². The molecule has 0 N–H and O–H groups in total. The summed E-state index contributed by atoms with van der Waals surface area (Å²) in [6.45, 7) is 7.81. The van der Waals surface area contributed by atoms with Crippen LogP contribution in [0.4, 0.5) is 5.82 Å². The van der Waals surface area contributed by atoms with Crippen LogP contribution in [0.5, 0.6) is 0 Å². The summed E-state index contributed by atoms with van der Waals surface area (Å²) >= 11 is 0. The van der Waals surface area contributed by atoms with E-state index in [1.54, 1.807) is 6.33 Å². The van der Waals surface area contributed by atoms with E-state index in [0.29, 0.717) is 6.10 Å². The quantitative estimate of drug-likeness (QED) is 0.851. The zero-order chi connectivity index (χ0) is 14.7. The SMILES string of the molecule is CC(C)OC[C@@]12CCCO[C@@H]1CCN(c1ccncn1)C2. The molecule has 0 radical (unpaired) electrons. The molecule has 2 saturated heterocycles. The molecule has 0 saturated carbocycles. The highest BCUT2D eigenvalue weighted by Crippen LogP contribution is 2.41. The largest absolute Gasteiger partial charge is 0.378 e. The van der Waals surface area contributed by atoms with E-state index in [2.05, 4.69) is 28.7 Å². The zero-order valence-corrected chi connectivity index (χ0v) is 13.0. The van der Waals surface area contributed by atoms with Crippen LogP contribution in [0.3, 0.4) is 0 Å². The van der Waals surface area contributed by atoms with Crippen molar-refractivity contribution in [2.45, 2.75) is 45.3 Å². The van der Waals surface area contributed by atoms with Crippen molar-refractivity contribution >= 4 is 5.82 Å². The van der Waals surface area contributed by atoms with E-state index in [9.17, 15) is 0 Å². The topological polar surface area (TPSA) is 47.5 Å². The Balaban J connectivity index is 1.77. The molecule has 3 rings (SSSR count). The van der Waals surface area contributed by atoms with Crippen molar-refractivity contribution in [2.75, 3.05) is 31.2 Å². The smallest absolute Gasteiger partial charge is 0.131 e. The van der Waals surface area contributed by atoms with Gasteiger partial charge in [0.1, 0.15) is 12.1 Å². The Bertz CT molecular complexity index is 454. The number of hydrogen-bond donors (Lipinski definition) is 0. The van der Waals surface area contributed by atoms with Crippen molar-refractivity contribution in [1.82, 2.24) is 9.97 Å². The summed E-state index contributed by atoms with van der Waals surface area (Å²) in [5.74, 6) is 1.01. The van der Waals surface area contributed by atoms with E-state index in [-0.39, 0.29) is 11.5 Å². The minimum atomic E-state index is 0.103. The normalized spacial score (nSPS) is 29.5. The van der Waals surface area contributed by atoms with E-state index >= 15 is 0 Å². The lowest BCUT2D eigenvalue weighted by molar-refractivity contribution is -0.132. The molecule has 0 aromatic carbocycles. The van der Waals surface area contributed by atoms with Gasteiger partial charge in [-0.3, -0.25) is 0 Å². The van der Waals surface area contributed by atoms with Crippen LogP contribution >= 0.6 is 0 Å². The molecule has 0 aliphatic carbocycles. The van der Waals surface area contributed by atoms with Crippen molar-refractivity contribution < 1.29 is 9.47 Å². The third kappa shape index (κ3) is 3.19. The summed E-state index contributed by atoms with van der Waals surface area (Å²) in [4.78, 5) is 10.8. The summed E-state index contributed by atoms with van der Waals surface area (Å²) in [7, 11) is 0. The molecule has 21 heavy (non-hydrogen) atoms. The second kappa shape index (κ2) is 6.28. The molecule has 1 aromatic rings. The van der Waals surface area contributed by atoms with Crippen molar-refractivity contribution in [3.63, 3.8) is 0 Å². The molecule has 1 aromatic heterocycles. The molecule has 116 valence electrons. The van der Waals surface area contributed by atoms with Gasteiger partial charge in [0.2, 0.25) is 0 Å². The highest BCUT2D eigenvalue weighted by atomic mass is 16.5. The average molecular weight is 291 g/mol. The molecule has 0 spiro atoms. The highest BCUT2D eigenvalue weighted by molar-refractivity contribution is 5.38. The molecular formula is C16H25N3O2. The Morgan fingerprint density at radius 2 is 2.43 bits per heavy atom. The fraction of sp³-hybridized carbons (Fsp3) is 0.750. The number of piperidine rings is 1. The number of rotatable bonds is 4. The average Bonchev–Trinajstić information content (AvgIpc) is 2.53. The Hall–Kier alpha value is -1.20. The first-order chi connectivity index (χ1) is 10.2. The molecule has 5 heteroatoms. The van der Waals surface area contributed by atoms with Gasteiger partial charge >= 0.3 is 0 Å². The van der Waals surface area contributed by atoms with Gasteiger partial charge in [-0.1, -0.05) is 0 Å². The van der Waals surface area contributed by atoms with Crippen LogP contribution in [-0.2, 0) is 9.47 Å². The first kappa shape index (κ1) is 14.7. The third-order valence-electron chi connectivity index (χ3n) is 4.58. The van der Waals surface area contributed by atoms with Crippen LogP contribution in [0, 0.1) is 5.41 Å². The van der Waals surface area contributed by atoms with Crippen LogP contribution in [0.2, 0.25) is 0 Å². The Morgan fingerprint density at radius 3 is 3.19 bits per heavy atom. The molecule has 5 nitrogen and oxygen atoms in total. The highest BCUT2D eigenvalue weighted by Gasteiger charge is 2.46. The first-order valence-electron chi connectivity index (χ1n) is 7.94. The van der Waals surface area contributed by atoms with Gasteiger partial charge in [0.15, 0.2) is 0 Å². The van der Waals surface area contributed by atoms with Crippen LogP contribution in [0.25, 0.3) is 0 Å². The van der Waals surface area contributed by atoms with Gasteiger partial charge in [-0.05, 0) is 39.2 Å². The van der Waals surface area contributed by atoms with Crippen LogP contribution < -0.4 is 4.90 Å². The second-order valence-corrected chi connectivity index (χ2v) is 6.46. The molecule has 0 bridgehead atoms. The monoisotopic (exact) mass is 291 g/mol. The molecular weight excluding hydrogens is 266 g/mol. The molecule has 0 unspecified atom stereocenters. The molecule has 2 atom stereocenters. The van der Waals surface area contributed by atoms with Crippen molar-refractivity contribution in [3.8, 4) is 0 Å². The lowest BCUT2D eigenvalue weighted by atomic mass is 9.73. The molecule has 0 amide bonds. The van der Waals surface area contributed by atoms with E-state index < -0.39 is 0 Å². The van der Waals surface area contributed by atoms with Crippen LogP contribution in [0.1, 0.15) is 33.1 Å². The van der Waals surface area contributed by atoms with Crippen LogP contribution in [-0.4, -0.2) is 48.5 Å². The van der Waals surface area contributed by atoms with E-state index in [0.717, 1.165) is 45.0 Å². The standard InChI is InChI=1S/C16H25N3O2/c1-13(2)21-11-16-6-3-9-20-14(16)5-8-19(10-16)15-4-7-17-12-18-15/h4,7,12-14H,3,5-6,8-11H2,1-2H3/t14-,16+/m1/s1. The number of aromatic nitrogens is 2. The molecule has 2 aliphatic heterocycles. The third-order valence-corrected chi connectivity index (χ3v) is 4.58. The van der Waals surface area contributed by atoms with Crippen molar-refractivity contribution in [2.24, 2.45) is 5.41 Å². The lowest BCUT2D eigenvalue weighted by Gasteiger charge is -2.50. The predicted molar refractivity (Wildman–Crippen MR) is 81.4 cm³/mol. The van der Waals surface area contributed by atoms with Gasteiger partial charge in [0, 0.05) is 31.3 Å². The maximum absolute atomic E-state index is 6.06. The Kier molecular flexibility index (Phi) is 4.40. The van der Waals surface area contributed by atoms with Crippen molar-refractivity contribution in [1.29, 1.82) is 0 Å². The fourth-order valence-corrected chi connectivity index (χ4v) is 3.50. The summed E-state index contributed by atoms with van der Waals surface area (Å²) in [6, 6.07) is 1.99. The summed E-state index contributed by atoms with van der Waals surface area (Å²) in [5, 5.41) is 0. The van der Waals surface area contributed by atoms with Gasteiger partial charge in [-0.2, -0.15) is 0 Å². The van der Waals surface area contributed by atoms with Gasteiger partial charge in [0.25, 0.3) is 0 Å². The first-order valence-corrected chi connectivity index (χ1v) is 7.94. The number of hydrogen-bond acceptors (Lipinski definition) is 5. The number of fused-ring (bicyclic) bond motifs is 1. The fourth-order valence-electron chi connectivity index (χ4n) is 3.50. The van der Waals surface area contributed by atoms with E-state index in [4.69, 9.17) is 9.47 Å². The lowest BCUT2D eigenvalue weighted by Crippen LogP contribution is -2.57. The van der Waals surface area contributed by atoms with Gasteiger partial charge in [-0.15, -0.1) is 0 Å². The van der Waals surface area contributed by atoms with E-state index in [1.807, 2.05) is 12.3 Å². The minimum Gasteiger partial charge on any atom is -0.378 e. The minimum absolute atomic E-state index is 0.103. The van der Waals surface area contributed by atoms with E-state index in [1.165, 1.54) is 6.42 Å². The second-order valence-electron chi connectivity index (χ2n) is 6.46. The Morgan fingerprint density at radius 1 is 1.52 bits per heavy atom. The van der Waals surface area contributed by atoms with Gasteiger partial charge < -0.3 is 14.4 Å². The number of ether oxygens (including phenoxy) is 2.